The minimum atomic E-state index is 0.286. The van der Waals surface area contributed by atoms with Gasteiger partial charge >= 0.3 is 0 Å². The van der Waals surface area contributed by atoms with Crippen molar-refractivity contribution in [1.29, 1.82) is 0 Å². The highest BCUT2D eigenvalue weighted by atomic mass is 35.5. The van der Waals surface area contributed by atoms with E-state index in [1.807, 2.05) is 4.68 Å². The van der Waals surface area contributed by atoms with Crippen molar-refractivity contribution in [3.8, 4) is 0 Å². The summed E-state index contributed by atoms with van der Waals surface area (Å²) in [6.07, 6.45) is 3.93. The van der Waals surface area contributed by atoms with Crippen LogP contribution in [-0.2, 0) is 11.3 Å². The summed E-state index contributed by atoms with van der Waals surface area (Å²) in [7, 11) is 0. The van der Waals surface area contributed by atoms with Crippen LogP contribution in [0.2, 0.25) is 5.02 Å². The van der Waals surface area contributed by atoms with Crippen LogP contribution in [0.4, 0.5) is 0 Å². The van der Waals surface area contributed by atoms with Crippen molar-refractivity contribution in [2.45, 2.75) is 39.3 Å². The van der Waals surface area contributed by atoms with Crippen LogP contribution in [-0.4, -0.2) is 29.5 Å². The molecule has 1 unspecified atom stereocenters. The third-order valence-corrected chi connectivity index (χ3v) is 3.88. The van der Waals surface area contributed by atoms with E-state index in [0.717, 1.165) is 49.9 Å². The molecule has 0 amide bonds. The Balaban J connectivity index is 2.24. The zero-order valence-corrected chi connectivity index (χ0v) is 11.9. The zero-order valence-electron chi connectivity index (χ0n) is 11.2. The van der Waals surface area contributed by atoms with Gasteiger partial charge < -0.3 is 10.1 Å². The van der Waals surface area contributed by atoms with Crippen molar-refractivity contribution < 1.29 is 4.74 Å². The average molecular weight is 272 g/mol. The maximum atomic E-state index is 6.32. The van der Waals surface area contributed by atoms with Crippen LogP contribution in [0.3, 0.4) is 0 Å². The Morgan fingerprint density at radius 2 is 2.22 bits per heavy atom. The summed E-state index contributed by atoms with van der Waals surface area (Å²) in [4.78, 5) is 0. The third kappa shape index (κ3) is 2.87. The molecule has 102 valence electrons. The Morgan fingerprint density at radius 1 is 1.50 bits per heavy atom. The normalized spacial score (nSPS) is 19.1. The van der Waals surface area contributed by atoms with E-state index in [1.165, 1.54) is 0 Å². The number of aromatic nitrogens is 2. The minimum absolute atomic E-state index is 0.286. The lowest BCUT2D eigenvalue weighted by Crippen LogP contribution is -2.33. The second-order valence-electron chi connectivity index (χ2n) is 4.68. The summed E-state index contributed by atoms with van der Waals surface area (Å²) in [5, 5.41) is 8.69. The first kappa shape index (κ1) is 13.8. The molecule has 1 aromatic heterocycles. The van der Waals surface area contributed by atoms with Gasteiger partial charge in [-0.15, -0.1) is 0 Å². The summed E-state index contributed by atoms with van der Waals surface area (Å²) in [6.45, 7) is 7.72. The molecule has 4 nitrogen and oxygen atoms in total. The van der Waals surface area contributed by atoms with Gasteiger partial charge in [-0.3, -0.25) is 4.68 Å². The number of halogens is 1. The van der Waals surface area contributed by atoms with Crippen molar-refractivity contribution in [3.63, 3.8) is 0 Å². The van der Waals surface area contributed by atoms with Crippen LogP contribution in [0.1, 0.15) is 38.4 Å². The van der Waals surface area contributed by atoms with Gasteiger partial charge in [-0.05, 0) is 32.2 Å². The molecule has 1 N–H and O–H groups in total. The van der Waals surface area contributed by atoms with Crippen LogP contribution in [0.5, 0.6) is 0 Å². The Bertz CT molecular complexity index is 374. The van der Waals surface area contributed by atoms with Crippen LogP contribution in [0.25, 0.3) is 0 Å². The third-order valence-electron chi connectivity index (χ3n) is 3.59. The van der Waals surface area contributed by atoms with Gasteiger partial charge in [-0.1, -0.05) is 18.5 Å². The molecule has 5 heteroatoms. The molecule has 0 spiro atoms. The van der Waals surface area contributed by atoms with Gasteiger partial charge in [0.2, 0.25) is 0 Å². The fraction of sp³-hybridized carbons (Fsp3) is 0.769. The average Bonchev–Trinajstić information content (AvgIpc) is 2.78. The summed E-state index contributed by atoms with van der Waals surface area (Å²) >= 11 is 6.32. The van der Waals surface area contributed by atoms with Crippen molar-refractivity contribution in [2.75, 3.05) is 19.8 Å². The van der Waals surface area contributed by atoms with Gasteiger partial charge in [-0.25, -0.2) is 0 Å². The number of nitrogens with one attached hydrogen (secondary N) is 1. The highest BCUT2D eigenvalue weighted by Gasteiger charge is 2.29. The molecule has 0 bridgehead atoms. The van der Waals surface area contributed by atoms with Crippen LogP contribution in [0.15, 0.2) is 6.20 Å². The molecule has 2 rings (SSSR count). The molecule has 1 saturated heterocycles. The van der Waals surface area contributed by atoms with Gasteiger partial charge in [-0.2, -0.15) is 5.10 Å². The number of aryl methyl sites for hydroxylation is 1. The monoisotopic (exact) mass is 271 g/mol. The highest BCUT2D eigenvalue weighted by molar-refractivity contribution is 6.31. The number of hydrogen-bond acceptors (Lipinski definition) is 3. The molecule has 18 heavy (non-hydrogen) atoms. The van der Waals surface area contributed by atoms with E-state index >= 15 is 0 Å². The lowest BCUT2D eigenvalue weighted by molar-refractivity contribution is 0.0527. The van der Waals surface area contributed by atoms with Gasteiger partial charge in [0.05, 0.1) is 23.0 Å². The smallest absolute Gasteiger partial charge is 0.0834 e. The van der Waals surface area contributed by atoms with E-state index in [0.29, 0.717) is 5.92 Å². The van der Waals surface area contributed by atoms with Crippen molar-refractivity contribution in [1.82, 2.24) is 15.1 Å². The van der Waals surface area contributed by atoms with E-state index in [1.54, 1.807) is 6.20 Å². The predicted molar refractivity (Wildman–Crippen MR) is 72.9 cm³/mol. The molecule has 0 aromatic carbocycles. The Kier molecular flexibility index (Phi) is 5.03. The van der Waals surface area contributed by atoms with Crippen molar-refractivity contribution in [3.05, 3.63) is 16.9 Å². The molecule has 1 aromatic rings. The van der Waals surface area contributed by atoms with Gasteiger partial charge in [0.1, 0.15) is 0 Å². The number of ether oxygens (including phenoxy) is 1. The molecule has 1 aliphatic heterocycles. The topological polar surface area (TPSA) is 39.1 Å². The molecule has 1 atom stereocenters. The van der Waals surface area contributed by atoms with Crippen LogP contribution >= 0.6 is 11.6 Å². The minimum Gasteiger partial charge on any atom is -0.381 e. The summed E-state index contributed by atoms with van der Waals surface area (Å²) in [5.41, 5.74) is 1.13. The second-order valence-corrected chi connectivity index (χ2v) is 5.09. The zero-order chi connectivity index (χ0) is 13.0. The molecule has 1 fully saturated rings. The van der Waals surface area contributed by atoms with E-state index in [4.69, 9.17) is 16.3 Å². The molecule has 0 saturated carbocycles. The first-order valence-corrected chi connectivity index (χ1v) is 7.18. The molecular weight excluding hydrogens is 250 g/mol. The number of hydrogen-bond donors (Lipinski definition) is 1. The molecule has 1 aliphatic rings. The lowest BCUT2D eigenvalue weighted by Gasteiger charge is -2.31. The highest BCUT2D eigenvalue weighted by Crippen LogP contribution is 2.33. The predicted octanol–water partition coefficient (Wildman–Crippen LogP) is 2.63. The quantitative estimate of drug-likeness (QED) is 0.895. The summed E-state index contributed by atoms with van der Waals surface area (Å²) in [5.74, 6) is 0.582. The maximum Gasteiger partial charge on any atom is 0.0834 e. The molecule has 0 aliphatic carbocycles. The van der Waals surface area contributed by atoms with Crippen LogP contribution in [0, 0.1) is 5.92 Å². The second kappa shape index (κ2) is 6.55. The van der Waals surface area contributed by atoms with Gasteiger partial charge in [0, 0.05) is 19.8 Å². The SMILES string of the molecule is CCNC(c1c(Cl)cnn1CC)C1CCOCC1. The van der Waals surface area contributed by atoms with Crippen molar-refractivity contribution in [2.24, 2.45) is 5.92 Å². The van der Waals surface area contributed by atoms with E-state index < -0.39 is 0 Å². The molecule has 0 radical (unpaired) electrons. The molecule has 2 heterocycles. The first-order valence-electron chi connectivity index (χ1n) is 6.80. The van der Waals surface area contributed by atoms with Gasteiger partial charge in [0.25, 0.3) is 0 Å². The van der Waals surface area contributed by atoms with Gasteiger partial charge in [0.15, 0.2) is 0 Å². The Hall–Kier alpha value is -0.580. The molecular formula is C13H22ClN3O. The first-order chi connectivity index (χ1) is 8.77. The van der Waals surface area contributed by atoms with E-state index in [9.17, 15) is 0 Å². The standard InChI is InChI=1S/C13H22ClN3O/c1-3-15-12(10-5-7-18-8-6-10)13-11(14)9-16-17(13)4-2/h9-10,12,15H,3-8H2,1-2H3. The fourth-order valence-electron chi connectivity index (χ4n) is 2.69. The Morgan fingerprint density at radius 3 is 2.83 bits per heavy atom. The number of nitrogens with zero attached hydrogens (tertiary/aromatic N) is 2. The van der Waals surface area contributed by atoms with E-state index in [-0.39, 0.29) is 6.04 Å². The maximum absolute atomic E-state index is 6.32. The van der Waals surface area contributed by atoms with E-state index in [2.05, 4.69) is 24.3 Å². The summed E-state index contributed by atoms with van der Waals surface area (Å²) < 4.78 is 7.45. The Labute approximate surface area is 114 Å². The largest absolute Gasteiger partial charge is 0.381 e. The summed E-state index contributed by atoms with van der Waals surface area (Å²) in [6, 6.07) is 0.286. The van der Waals surface area contributed by atoms with Crippen molar-refractivity contribution >= 4 is 11.6 Å². The van der Waals surface area contributed by atoms with Crippen LogP contribution < -0.4 is 5.32 Å². The fourth-order valence-corrected chi connectivity index (χ4v) is 2.95. The number of rotatable bonds is 5. The lowest BCUT2D eigenvalue weighted by atomic mass is 9.89.